The zero-order valence-corrected chi connectivity index (χ0v) is 12.2. The van der Waals surface area contributed by atoms with E-state index in [-0.39, 0.29) is 0 Å². The van der Waals surface area contributed by atoms with Crippen LogP contribution >= 0.6 is 23.4 Å². The van der Waals surface area contributed by atoms with Gasteiger partial charge in [0.15, 0.2) is 5.69 Å². The summed E-state index contributed by atoms with van der Waals surface area (Å²) in [4.78, 5) is 4.36. The molecule has 0 unspecified atom stereocenters. The van der Waals surface area contributed by atoms with Crippen LogP contribution in [0.1, 0.15) is 5.56 Å². The molecule has 100 valence electrons. The highest BCUT2D eigenvalue weighted by atomic mass is 35.5. The van der Waals surface area contributed by atoms with Crippen molar-refractivity contribution in [2.24, 2.45) is 0 Å². The predicted molar refractivity (Wildman–Crippen MR) is 81.1 cm³/mol. The first-order valence-corrected chi connectivity index (χ1v) is 7.58. The molecule has 0 saturated heterocycles. The molecule has 0 aliphatic heterocycles. The molecule has 1 aromatic heterocycles. The van der Waals surface area contributed by atoms with Crippen LogP contribution in [0.4, 0.5) is 0 Å². The van der Waals surface area contributed by atoms with E-state index >= 15 is 0 Å². The van der Waals surface area contributed by atoms with Gasteiger partial charge in [-0.15, -0.1) is 4.68 Å². The lowest BCUT2D eigenvalue weighted by molar-refractivity contribution is -0.694. The van der Waals surface area contributed by atoms with Crippen LogP contribution in [0, 0.1) is 0 Å². The minimum atomic E-state index is 0.789. The average molecular weight is 303 g/mol. The van der Waals surface area contributed by atoms with Gasteiger partial charge in [0.1, 0.15) is 0 Å². The van der Waals surface area contributed by atoms with Crippen LogP contribution < -0.4 is 4.68 Å². The Morgan fingerprint density at radius 2 is 1.80 bits per heavy atom. The summed E-state index contributed by atoms with van der Waals surface area (Å²) in [5.74, 6) is 0.789. The van der Waals surface area contributed by atoms with Crippen molar-refractivity contribution in [2.45, 2.75) is 10.9 Å². The summed E-state index contributed by atoms with van der Waals surface area (Å²) in [5.41, 5.74) is 2.17. The van der Waals surface area contributed by atoms with Crippen LogP contribution in [0.3, 0.4) is 0 Å². The monoisotopic (exact) mass is 302 g/mol. The second kappa shape index (κ2) is 6.11. The zero-order chi connectivity index (χ0) is 13.8. The first kappa shape index (κ1) is 13.2. The molecular formula is C15H13ClN3S+. The first-order valence-electron chi connectivity index (χ1n) is 6.21. The Labute approximate surface area is 126 Å². The maximum Gasteiger partial charge on any atom is 0.385 e. The molecule has 3 rings (SSSR count). The van der Waals surface area contributed by atoms with Crippen molar-refractivity contribution in [3.05, 3.63) is 71.5 Å². The van der Waals surface area contributed by atoms with E-state index in [0.717, 1.165) is 27.2 Å². The Morgan fingerprint density at radius 3 is 2.60 bits per heavy atom. The lowest BCUT2D eigenvalue weighted by atomic mass is 10.2. The van der Waals surface area contributed by atoms with Crippen molar-refractivity contribution in [1.29, 1.82) is 0 Å². The smallest absolute Gasteiger partial charge is 0.188 e. The van der Waals surface area contributed by atoms with E-state index in [9.17, 15) is 0 Å². The van der Waals surface area contributed by atoms with Crippen molar-refractivity contribution >= 4 is 23.4 Å². The lowest BCUT2D eigenvalue weighted by Gasteiger charge is -2.01. The number of benzene rings is 2. The molecule has 0 spiro atoms. The molecule has 0 atom stereocenters. The minimum Gasteiger partial charge on any atom is -0.188 e. The third-order valence-electron chi connectivity index (χ3n) is 2.88. The number of aromatic amines is 1. The fourth-order valence-corrected chi connectivity index (χ4v) is 3.11. The van der Waals surface area contributed by atoms with E-state index in [1.807, 2.05) is 59.3 Å². The van der Waals surface area contributed by atoms with Crippen LogP contribution in [0.5, 0.6) is 0 Å². The molecular weight excluding hydrogens is 290 g/mol. The summed E-state index contributed by atoms with van der Waals surface area (Å²) in [6, 6.07) is 18.0. The molecule has 0 bridgehead atoms. The molecule has 1 heterocycles. The SMILES string of the molecule is Clc1ccccc1CSc1nc[nH][n+]1-c1ccccc1. The van der Waals surface area contributed by atoms with E-state index in [2.05, 4.69) is 10.1 Å². The largest absolute Gasteiger partial charge is 0.385 e. The van der Waals surface area contributed by atoms with Crippen LogP contribution in [0.2, 0.25) is 5.02 Å². The van der Waals surface area contributed by atoms with Gasteiger partial charge in [-0.2, -0.15) is 5.10 Å². The quantitative estimate of drug-likeness (QED) is 0.589. The minimum absolute atomic E-state index is 0.789. The van der Waals surface area contributed by atoms with Gasteiger partial charge in [-0.25, -0.2) is 0 Å². The van der Waals surface area contributed by atoms with Crippen molar-refractivity contribution in [3.8, 4) is 5.69 Å². The summed E-state index contributed by atoms with van der Waals surface area (Å²) >= 11 is 7.82. The molecule has 0 radical (unpaired) electrons. The Morgan fingerprint density at radius 1 is 1.05 bits per heavy atom. The number of hydrogen-bond donors (Lipinski definition) is 1. The summed E-state index contributed by atoms with van der Waals surface area (Å²) in [7, 11) is 0. The Balaban J connectivity index is 1.80. The molecule has 5 heteroatoms. The number of aromatic nitrogens is 3. The van der Waals surface area contributed by atoms with E-state index in [4.69, 9.17) is 11.6 Å². The molecule has 3 nitrogen and oxygen atoms in total. The lowest BCUT2D eigenvalue weighted by Crippen LogP contribution is -2.34. The molecule has 0 saturated carbocycles. The van der Waals surface area contributed by atoms with Gasteiger partial charge in [-0.05, 0) is 40.5 Å². The van der Waals surface area contributed by atoms with Crippen molar-refractivity contribution < 1.29 is 4.68 Å². The van der Waals surface area contributed by atoms with E-state index in [1.165, 1.54) is 0 Å². The van der Waals surface area contributed by atoms with Gasteiger partial charge in [0, 0.05) is 10.8 Å². The van der Waals surface area contributed by atoms with E-state index < -0.39 is 0 Å². The second-order valence-corrected chi connectivity index (χ2v) is 5.57. The van der Waals surface area contributed by atoms with Gasteiger partial charge in [0.05, 0.1) is 0 Å². The third-order valence-corrected chi connectivity index (χ3v) is 4.25. The van der Waals surface area contributed by atoms with Crippen LogP contribution in [-0.4, -0.2) is 10.1 Å². The van der Waals surface area contributed by atoms with Gasteiger partial charge < -0.3 is 0 Å². The normalized spacial score (nSPS) is 10.7. The molecule has 1 N–H and O–H groups in total. The maximum atomic E-state index is 6.17. The molecule has 0 aliphatic rings. The fraction of sp³-hybridized carbons (Fsp3) is 0.0667. The molecule has 20 heavy (non-hydrogen) atoms. The van der Waals surface area contributed by atoms with Gasteiger partial charge in [0.25, 0.3) is 0 Å². The van der Waals surface area contributed by atoms with Gasteiger partial charge in [-0.3, -0.25) is 0 Å². The summed E-state index contributed by atoms with van der Waals surface area (Å²) in [6.45, 7) is 0. The highest BCUT2D eigenvalue weighted by Gasteiger charge is 2.17. The van der Waals surface area contributed by atoms with Crippen molar-refractivity contribution in [2.75, 3.05) is 0 Å². The average Bonchev–Trinajstić information content (AvgIpc) is 2.96. The second-order valence-electron chi connectivity index (χ2n) is 4.22. The van der Waals surface area contributed by atoms with Crippen LogP contribution in [0.25, 0.3) is 5.69 Å². The van der Waals surface area contributed by atoms with Gasteiger partial charge in [-0.1, -0.05) is 48.0 Å². The fourth-order valence-electron chi connectivity index (χ4n) is 1.88. The highest BCUT2D eigenvalue weighted by Crippen LogP contribution is 2.23. The van der Waals surface area contributed by atoms with Crippen molar-refractivity contribution in [1.82, 2.24) is 10.1 Å². The van der Waals surface area contributed by atoms with Crippen LogP contribution in [-0.2, 0) is 5.75 Å². The Kier molecular flexibility index (Phi) is 4.04. The van der Waals surface area contributed by atoms with Gasteiger partial charge in [0.2, 0.25) is 6.33 Å². The van der Waals surface area contributed by atoms with Gasteiger partial charge >= 0.3 is 5.16 Å². The third kappa shape index (κ3) is 2.86. The summed E-state index contributed by atoms with van der Waals surface area (Å²) < 4.78 is 1.96. The summed E-state index contributed by atoms with van der Waals surface area (Å²) in [6.07, 6.45) is 1.70. The number of H-pyrrole nitrogens is 1. The first-order chi connectivity index (χ1) is 9.84. The number of thioether (sulfide) groups is 1. The van der Waals surface area contributed by atoms with E-state index in [0.29, 0.717) is 0 Å². The molecule has 0 fully saturated rings. The predicted octanol–water partition coefficient (Wildman–Crippen LogP) is 3.63. The number of halogens is 1. The van der Waals surface area contributed by atoms with Crippen LogP contribution in [0.15, 0.2) is 66.1 Å². The number of nitrogens with zero attached hydrogens (tertiary/aromatic N) is 2. The molecule has 0 aliphatic carbocycles. The van der Waals surface area contributed by atoms with E-state index in [1.54, 1.807) is 18.1 Å². The molecule has 2 aromatic carbocycles. The zero-order valence-electron chi connectivity index (χ0n) is 10.7. The Bertz CT molecular complexity index is 697. The number of para-hydroxylation sites is 1. The highest BCUT2D eigenvalue weighted by molar-refractivity contribution is 7.98. The number of nitrogens with one attached hydrogen (secondary N) is 1. The van der Waals surface area contributed by atoms with Crippen molar-refractivity contribution in [3.63, 3.8) is 0 Å². The maximum absolute atomic E-state index is 6.17. The summed E-state index contributed by atoms with van der Waals surface area (Å²) in [5, 5.41) is 4.83. The molecule has 0 amide bonds. The number of hydrogen-bond acceptors (Lipinski definition) is 2. The standard InChI is InChI=1S/C15H12ClN3S/c16-14-9-5-4-6-12(14)10-20-15-17-11-18-19(15)13-7-2-1-3-8-13/h1-9,11H,10H2/p+1. The molecule has 3 aromatic rings. The Hall–Kier alpha value is -1.78. The number of rotatable bonds is 4. The topological polar surface area (TPSA) is 32.6 Å².